The fourth-order valence-electron chi connectivity index (χ4n) is 1.90. The van der Waals surface area contributed by atoms with Crippen molar-refractivity contribution >= 4 is 15.9 Å². The zero-order valence-electron chi connectivity index (χ0n) is 11.2. The molecule has 0 fully saturated rings. The molecule has 0 amide bonds. The van der Waals surface area contributed by atoms with Crippen LogP contribution in [0.15, 0.2) is 42.5 Å². The van der Waals surface area contributed by atoms with Crippen molar-refractivity contribution < 1.29 is 13.5 Å². The smallest absolute Gasteiger partial charge is 0.126 e. The number of hydrogen-bond donors (Lipinski definition) is 0. The van der Waals surface area contributed by atoms with Crippen LogP contribution < -0.4 is 4.74 Å². The summed E-state index contributed by atoms with van der Waals surface area (Å²) in [6, 6.07) is 10.9. The van der Waals surface area contributed by atoms with Crippen LogP contribution >= 0.6 is 15.9 Å². The standard InChI is InChI=1S/C16H15BrF2O/c1-10(2)20-15-5-3-11(4-6-15)16(17)12-7-13(18)9-14(19)8-12/h3-10,16H,1-2H3. The first-order valence-electron chi connectivity index (χ1n) is 6.32. The van der Waals surface area contributed by atoms with Crippen molar-refractivity contribution in [2.24, 2.45) is 0 Å². The number of benzene rings is 2. The third-order valence-electron chi connectivity index (χ3n) is 2.72. The van der Waals surface area contributed by atoms with Crippen molar-refractivity contribution in [3.05, 3.63) is 65.2 Å². The van der Waals surface area contributed by atoms with Gasteiger partial charge in [0, 0.05) is 6.07 Å². The molecule has 0 N–H and O–H groups in total. The summed E-state index contributed by atoms with van der Waals surface area (Å²) in [6.07, 6.45) is 0.109. The Hall–Kier alpha value is -1.42. The van der Waals surface area contributed by atoms with Gasteiger partial charge in [-0.05, 0) is 49.2 Å². The van der Waals surface area contributed by atoms with Crippen LogP contribution in [-0.4, -0.2) is 6.10 Å². The van der Waals surface area contributed by atoms with Crippen molar-refractivity contribution in [3.8, 4) is 5.75 Å². The largest absolute Gasteiger partial charge is 0.491 e. The third kappa shape index (κ3) is 3.79. The van der Waals surface area contributed by atoms with E-state index in [9.17, 15) is 8.78 Å². The molecule has 0 heterocycles. The van der Waals surface area contributed by atoms with Crippen LogP contribution in [0.1, 0.15) is 29.8 Å². The number of rotatable bonds is 4. The van der Waals surface area contributed by atoms with Crippen LogP contribution in [0.2, 0.25) is 0 Å². The Kier molecular flexibility index (Phi) is 4.76. The van der Waals surface area contributed by atoms with Gasteiger partial charge in [-0.25, -0.2) is 8.78 Å². The van der Waals surface area contributed by atoms with Crippen molar-refractivity contribution in [3.63, 3.8) is 0 Å². The molecule has 20 heavy (non-hydrogen) atoms. The average Bonchev–Trinajstić information content (AvgIpc) is 2.37. The predicted octanol–water partition coefficient (Wildman–Crippen LogP) is 5.24. The van der Waals surface area contributed by atoms with E-state index >= 15 is 0 Å². The topological polar surface area (TPSA) is 9.23 Å². The van der Waals surface area contributed by atoms with Crippen molar-refractivity contribution in [1.82, 2.24) is 0 Å². The molecule has 0 saturated carbocycles. The lowest BCUT2D eigenvalue weighted by atomic mass is 10.0. The minimum absolute atomic E-state index is 0.109. The normalized spacial score (nSPS) is 12.5. The summed E-state index contributed by atoms with van der Waals surface area (Å²) in [5.74, 6) is -0.387. The summed E-state index contributed by atoms with van der Waals surface area (Å²) in [6.45, 7) is 3.91. The van der Waals surface area contributed by atoms with Crippen LogP contribution in [0.5, 0.6) is 5.75 Å². The molecule has 0 bridgehead atoms. The van der Waals surface area contributed by atoms with E-state index < -0.39 is 11.6 Å². The first-order chi connectivity index (χ1) is 9.45. The second-order valence-corrected chi connectivity index (χ2v) is 5.72. The molecule has 0 radical (unpaired) electrons. The molecule has 1 nitrogen and oxygen atoms in total. The molecule has 0 aliphatic heterocycles. The molecule has 2 aromatic rings. The highest BCUT2D eigenvalue weighted by Gasteiger charge is 2.13. The number of hydrogen-bond acceptors (Lipinski definition) is 1. The zero-order valence-corrected chi connectivity index (χ0v) is 12.8. The molecule has 1 atom stereocenters. The fourth-order valence-corrected chi connectivity index (χ4v) is 2.47. The van der Waals surface area contributed by atoms with Gasteiger partial charge in [0.05, 0.1) is 10.9 Å². The summed E-state index contributed by atoms with van der Waals surface area (Å²) in [5, 5.41) is 0. The lowest BCUT2D eigenvalue weighted by Gasteiger charge is -2.13. The second kappa shape index (κ2) is 6.35. The van der Waals surface area contributed by atoms with Gasteiger partial charge in [-0.2, -0.15) is 0 Å². The quantitative estimate of drug-likeness (QED) is 0.692. The summed E-state index contributed by atoms with van der Waals surface area (Å²) in [5.41, 5.74) is 1.45. The monoisotopic (exact) mass is 340 g/mol. The average molecular weight is 341 g/mol. The van der Waals surface area contributed by atoms with E-state index in [1.54, 1.807) is 0 Å². The predicted molar refractivity (Wildman–Crippen MR) is 79.3 cm³/mol. The van der Waals surface area contributed by atoms with Gasteiger partial charge in [-0.3, -0.25) is 0 Å². The summed E-state index contributed by atoms with van der Waals surface area (Å²) < 4.78 is 32.0. The van der Waals surface area contributed by atoms with Crippen LogP contribution in [0.3, 0.4) is 0 Å². The maximum Gasteiger partial charge on any atom is 0.126 e. The Morgan fingerprint density at radius 2 is 1.45 bits per heavy atom. The van der Waals surface area contributed by atoms with E-state index in [0.29, 0.717) is 5.56 Å². The Morgan fingerprint density at radius 1 is 0.900 bits per heavy atom. The van der Waals surface area contributed by atoms with Crippen molar-refractivity contribution in [2.75, 3.05) is 0 Å². The Labute approximate surface area is 125 Å². The second-order valence-electron chi connectivity index (χ2n) is 4.80. The molecular formula is C16H15BrF2O. The van der Waals surface area contributed by atoms with Gasteiger partial charge >= 0.3 is 0 Å². The number of halogens is 3. The molecule has 106 valence electrons. The first kappa shape index (κ1) is 15.0. The van der Waals surface area contributed by atoms with Crippen molar-refractivity contribution in [2.45, 2.75) is 24.8 Å². The molecule has 0 aromatic heterocycles. The van der Waals surface area contributed by atoms with Gasteiger partial charge in [0.1, 0.15) is 17.4 Å². The number of alkyl halides is 1. The maximum absolute atomic E-state index is 13.2. The van der Waals surface area contributed by atoms with Crippen LogP contribution in [0, 0.1) is 11.6 Å². The fraction of sp³-hybridized carbons (Fsp3) is 0.250. The molecule has 2 rings (SSSR count). The Morgan fingerprint density at radius 3 is 1.95 bits per heavy atom. The summed E-state index contributed by atoms with van der Waals surface area (Å²) in [4.78, 5) is -0.263. The van der Waals surface area contributed by atoms with Crippen LogP contribution in [-0.2, 0) is 0 Å². The molecule has 1 unspecified atom stereocenters. The van der Waals surface area contributed by atoms with Gasteiger partial charge < -0.3 is 4.74 Å². The highest BCUT2D eigenvalue weighted by Crippen LogP contribution is 2.32. The van der Waals surface area contributed by atoms with Gasteiger partial charge in [-0.1, -0.05) is 28.1 Å². The van der Waals surface area contributed by atoms with Gasteiger partial charge in [0.15, 0.2) is 0 Å². The molecular weight excluding hydrogens is 326 g/mol. The Bertz CT molecular complexity index is 561. The van der Waals surface area contributed by atoms with Gasteiger partial charge in [0.25, 0.3) is 0 Å². The van der Waals surface area contributed by atoms with Gasteiger partial charge in [0.2, 0.25) is 0 Å². The third-order valence-corrected chi connectivity index (χ3v) is 3.78. The molecule has 0 aliphatic rings. The number of ether oxygens (including phenoxy) is 1. The SMILES string of the molecule is CC(C)Oc1ccc(C(Br)c2cc(F)cc(F)c2)cc1. The lowest BCUT2D eigenvalue weighted by Crippen LogP contribution is -2.05. The maximum atomic E-state index is 13.2. The molecule has 0 aliphatic carbocycles. The minimum Gasteiger partial charge on any atom is -0.491 e. The Balaban J connectivity index is 2.22. The highest BCUT2D eigenvalue weighted by atomic mass is 79.9. The van der Waals surface area contributed by atoms with E-state index in [2.05, 4.69) is 15.9 Å². The first-order valence-corrected chi connectivity index (χ1v) is 7.24. The van der Waals surface area contributed by atoms with E-state index in [0.717, 1.165) is 17.4 Å². The van der Waals surface area contributed by atoms with Crippen LogP contribution in [0.25, 0.3) is 0 Å². The lowest BCUT2D eigenvalue weighted by molar-refractivity contribution is 0.242. The molecule has 4 heteroatoms. The van der Waals surface area contributed by atoms with Crippen molar-refractivity contribution in [1.29, 1.82) is 0 Å². The molecule has 2 aromatic carbocycles. The molecule has 0 spiro atoms. The van der Waals surface area contributed by atoms with E-state index in [4.69, 9.17) is 4.74 Å². The summed E-state index contributed by atoms with van der Waals surface area (Å²) >= 11 is 3.46. The van der Waals surface area contributed by atoms with Gasteiger partial charge in [-0.15, -0.1) is 0 Å². The van der Waals surface area contributed by atoms with E-state index in [1.165, 1.54) is 12.1 Å². The van der Waals surface area contributed by atoms with E-state index in [1.807, 2.05) is 38.1 Å². The zero-order chi connectivity index (χ0) is 14.7. The van der Waals surface area contributed by atoms with Crippen LogP contribution in [0.4, 0.5) is 8.78 Å². The van der Waals surface area contributed by atoms with E-state index in [-0.39, 0.29) is 10.9 Å². The summed E-state index contributed by atoms with van der Waals surface area (Å²) in [7, 11) is 0. The minimum atomic E-state index is -0.579. The molecule has 0 saturated heterocycles. The highest BCUT2D eigenvalue weighted by molar-refractivity contribution is 9.09.